The minimum absolute atomic E-state index is 0.103. The van der Waals surface area contributed by atoms with Crippen LogP contribution < -0.4 is 0 Å². The van der Waals surface area contributed by atoms with Gasteiger partial charge in [0.15, 0.2) is 5.69 Å². The maximum atomic E-state index is 12.7. The third kappa shape index (κ3) is 2.82. The topological polar surface area (TPSA) is 82.1 Å². The molecule has 3 rings (SSSR count). The lowest BCUT2D eigenvalue weighted by Gasteiger charge is -2.20. The van der Waals surface area contributed by atoms with E-state index in [1.165, 1.54) is 0 Å². The zero-order valence-corrected chi connectivity index (χ0v) is 11.9. The van der Waals surface area contributed by atoms with Gasteiger partial charge < -0.3 is 10.0 Å². The van der Waals surface area contributed by atoms with E-state index in [2.05, 4.69) is 15.2 Å². The van der Waals surface area contributed by atoms with E-state index in [1.807, 2.05) is 36.4 Å². The van der Waals surface area contributed by atoms with Crippen molar-refractivity contribution in [2.45, 2.75) is 6.54 Å². The molecule has 6 nitrogen and oxygen atoms in total. The molecule has 0 aliphatic heterocycles. The Bertz CT molecular complexity index is 770. The van der Waals surface area contributed by atoms with Crippen LogP contribution in [0.5, 0.6) is 0 Å². The molecule has 22 heavy (non-hydrogen) atoms. The maximum Gasteiger partial charge on any atom is 0.275 e. The first-order valence-electron chi connectivity index (χ1n) is 7.01. The van der Waals surface area contributed by atoms with Gasteiger partial charge >= 0.3 is 0 Å². The minimum atomic E-state index is -0.213. The van der Waals surface area contributed by atoms with E-state index in [4.69, 9.17) is 0 Å². The Morgan fingerprint density at radius 2 is 2.09 bits per heavy atom. The Kier molecular flexibility index (Phi) is 4.11. The highest BCUT2D eigenvalue weighted by Crippen LogP contribution is 2.17. The number of aliphatic hydroxyl groups is 1. The highest BCUT2D eigenvalue weighted by atomic mass is 16.3. The number of pyridine rings is 1. The number of benzene rings is 1. The van der Waals surface area contributed by atoms with Crippen molar-refractivity contribution in [3.05, 3.63) is 60.0 Å². The van der Waals surface area contributed by atoms with Crippen LogP contribution in [0.3, 0.4) is 0 Å². The summed E-state index contributed by atoms with van der Waals surface area (Å²) in [7, 11) is 0. The van der Waals surface area contributed by atoms with Gasteiger partial charge in [0.25, 0.3) is 5.91 Å². The number of rotatable bonds is 5. The summed E-state index contributed by atoms with van der Waals surface area (Å²) < 4.78 is 0. The molecule has 0 spiro atoms. The second-order valence-corrected chi connectivity index (χ2v) is 4.93. The Hall–Kier alpha value is -2.73. The van der Waals surface area contributed by atoms with Gasteiger partial charge in [-0.15, -0.1) is 0 Å². The van der Waals surface area contributed by atoms with Crippen molar-refractivity contribution in [2.75, 3.05) is 13.2 Å². The highest BCUT2D eigenvalue weighted by Gasteiger charge is 2.20. The molecule has 0 aliphatic rings. The average Bonchev–Trinajstić information content (AvgIpc) is 2.99. The van der Waals surface area contributed by atoms with E-state index in [-0.39, 0.29) is 19.1 Å². The molecule has 2 heterocycles. The van der Waals surface area contributed by atoms with Crippen molar-refractivity contribution >= 4 is 16.8 Å². The molecule has 1 amide bonds. The Balaban J connectivity index is 1.89. The van der Waals surface area contributed by atoms with Crippen molar-refractivity contribution in [3.8, 4) is 0 Å². The van der Waals surface area contributed by atoms with E-state index < -0.39 is 0 Å². The molecule has 0 bridgehead atoms. The first-order chi connectivity index (χ1) is 10.8. The Labute approximate surface area is 127 Å². The van der Waals surface area contributed by atoms with E-state index in [0.717, 1.165) is 16.5 Å². The van der Waals surface area contributed by atoms with Gasteiger partial charge in [-0.1, -0.05) is 24.3 Å². The molecule has 1 aromatic carbocycles. The van der Waals surface area contributed by atoms with Gasteiger partial charge in [0.1, 0.15) is 0 Å². The van der Waals surface area contributed by atoms with Gasteiger partial charge in [-0.05, 0) is 17.7 Å². The summed E-state index contributed by atoms with van der Waals surface area (Å²) in [5.74, 6) is -0.213. The molecule has 112 valence electrons. The summed E-state index contributed by atoms with van der Waals surface area (Å²) in [4.78, 5) is 18.3. The molecule has 0 atom stereocenters. The van der Waals surface area contributed by atoms with Gasteiger partial charge in [0.2, 0.25) is 0 Å². The quantitative estimate of drug-likeness (QED) is 0.749. The van der Waals surface area contributed by atoms with Crippen LogP contribution in [0.2, 0.25) is 0 Å². The molecule has 0 radical (unpaired) electrons. The van der Waals surface area contributed by atoms with Gasteiger partial charge in [0.05, 0.1) is 12.1 Å². The molecule has 3 aromatic rings. The summed E-state index contributed by atoms with van der Waals surface area (Å²) >= 11 is 0. The van der Waals surface area contributed by atoms with Crippen LogP contribution in [0.15, 0.2) is 48.8 Å². The number of carbonyl (C=O) groups excluding carboxylic acids is 1. The summed E-state index contributed by atoms with van der Waals surface area (Å²) in [5, 5.41) is 17.0. The third-order valence-electron chi connectivity index (χ3n) is 3.43. The maximum absolute atomic E-state index is 12.7. The number of H-pyrrole nitrogens is 1. The van der Waals surface area contributed by atoms with Crippen LogP contribution in [-0.4, -0.2) is 44.2 Å². The molecule has 0 unspecified atom stereocenters. The zero-order valence-electron chi connectivity index (χ0n) is 11.9. The summed E-state index contributed by atoms with van der Waals surface area (Å²) in [5.41, 5.74) is 2.09. The van der Waals surface area contributed by atoms with Crippen LogP contribution in [0, 0.1) is 0 Å². The van der Waals surface area contributed by atoms with Crippen LogP contribution in [0.4, 0.5) is 0 Å². The second kappa shape index (κ2) is 6.36. The van der Waals surface area contributed by atoms with E-state index in [9.17, 15) is 9.90 Å². The van der Waals surface area contributed by atoms with Gasteiger partial charge in [-0.25, -0.2) is 0 Å². The average molecular weight is 296 g/mol. The number of aliphatic hydroxyl groups excluding tert-OH is 1. The fraction of sp³-hybridized carbons (Fsp3) is 0.188. The number of nitrogens with zero attached hydrogens (tertiary/aromatic N) is 3. The van der Waals surface area contributed by atoms with Crippen molar-refractivity contribution < 1.29 is 9.90 Å². The number of hydrogen-bond acceptors (Lipinski definition) is 4. The lowest BCUT2D eigenvalue weighted by Crippen LogP contribution is -2.33. The molecule has 2 aromatic heterocycles. The monoisotopic (exact) mass is 296 g/mol. The first kappa shape index (κ1) is 14.2. The number of amides is 1. The van der Waals surface area contributed by atoms with Gasteiger partial charge in [-0.3, -0.25) is 14.9 Å². The number of hydrogen-bond donors (Lipinski definition) is 2. The van der Waals surface area contributed by atoms with Gasteiger partial charge in [-0.2, -0.15) is 5.10 Å². The van der Waals surface area contributed by atoms with Crippen LogP contribution >= 0.6 is 0 Å². The number of para-hydroxylation sites is 1. The number of fused-ring (bicyclic) bond motifs is 1. The van der Waals surface area contributed by atoms with Gasteiger partial charge in [0, 0.05) is 30.9 Å². The van der Waals surface area contributed by atoms with Crippen molar-refractivity contribution in [1.82, 2.24) is 20.1 Å². The van der Waals surface area contributed by atoms with E-state index in [1.54, 1.807) is 17.3 Å². The van der Waals surface area contributed by atoms with Crippen LogP contribution in [0.1, 0.15) is 16.1 Å². The first-order valence-corrected chi connectivity index (χ1v) is 7.01. The van der Waals surface area contributed by atoms with Crippen molar-refractivity contribution in [1.29, 1.82) is 0 Å². The molecule has 0 saturated carbocycles. The van der Waals surface area contributed by atoms with Crippen LogP contribution in [-0.2, 0) is 6.54 Å². The molecular formula is C16H16N4O2. The number of aromatic nitrogens is 3. The Morgan fingerprint density at radius 3 is 2.86 bits per heavy atom. The SMILES string of the molecule is O=C(c1n[nH]c2ccccc12)N(CCO)Cc1cccnc1. The smallest absolute Gasteiger partial charge is 0.275 e. The Morgan fingerprint density at radius 1 is 1.23 bits per heavy atom. The molecular weight excluding hydrogens is 280 g/mol. The summed E-state index contributed by atoms with van der Waals surface area (Å²) in [6.45, 7) is 0.525. The van der Waals surface area contributed by atoms with Crippen molar-refractivity contribution in [2.24, 2.45) is 0 Å². The van der Waals surface area contributed by atoms with Crippen LogP contribution in [0.25, 0.3) is 10.9 Å². The van der Waals surface area contributed by atoms with E-state index >= 15 is 0 Å². The third-order valence-corrected chi connectivity index (χ3v) is 3.43. The fourth-order valence-electron chi connectivity index (χ4n) is 2.36. The van der Waals surface area contributed by atoms with E-state index in [0.29, 0.717) is 12.2 Å². The fourth-order valence-corrected chi connectivity index (χ4v) is 2.36. The highest BCUT2D eigenvalue weighted by molar-refractivity contribution is 6.04. The largest absolute Gasteiger partial charge is 0.395 e. The molecule has 0 fully saturated rings. The predicted molar refractivity (Wildman–Crippen MR) is 82.2 cm³/mol. The minimum Gasteiger partial charge on any atom is -0.395 e. The number of nitrogens with one attached hydrogen (secondary N) is 1. The summed E-state index contributed by atoms with van der Waals surface area (Å²) in [6, 6.07) is 11.2. The lowest BCUT2D eigenvalue weighted by molar-refractivity contribution is 0.0703. The lowest BCUT2D eigenvalue weighted by atomic mass is 10.2. The molecule has 0 saturated heterocycles. The summed E-state index contributed by atoms with van der Waals surface area (Å²) in [6.07, 6.45) is 3.39. The molecule has 6 heteroatoms. The molecule has 2 N–H and O–H groups in total. The number of carbonyl (C=O) groups is 1. The molecule has 0 aliphatic carbocycles. The predicted octanol–water partition coefficient (Wildman–Crippen LogP) is 1.59. The second-order valence-electron chi connectivity index (χ2n) is 4.93. The normalized spacial score (nSPS) is 10.8. The zero-order chi connectivity index (χ0) is 15.4. The number of aromatic amines is 1. The van der Waals surface area contributed by atoms with Crippen molar-refractivity contribution in [3.63, 3.8) is 0 Å². The standard InChI is InChI=1S/C16H16N4O2/c21-9-8-20(11-12-4-3-7-17-10-12)16(22)15-13-5-1-2-6-14(13)18-19-15/h1-7,10,21H,8-9,11H2,(H,18,19).